The van der Waals surface area contributed by atoms with Gasteiger partial charge in [-0.25, -0.2) is 4.39 Å². The molecule has 0 aromatic heterocycles. The Balaban J connectivity index is 0.00000161. The molecule has 0 spiro atoms. The molecule has 3 nitrogen and oxygen atoms in total. The van der Waals surface area contributed by atoms with Gasteiger partial charge >= 0.3 is 0 Å². The number of hydrogen-bond acceptors (Lipinski definition) is 3. The number of aromatic hydroxyl groups is 1. The summed E-state index contributed by atoms with van der Waals surface area (Å²) in [6.07, 6.45) is 4.88. The number of para-hydroxylation sites is 1. The lowest BCUT2D eigenvalue weighted by Gasteiger charge is -2.38. The second kappa shape index (κ2) is 7.43. The highest BCUT2D eigenvalue weighted by Gasteiger charge is 2.33. The van der Waals surface area contributed by atoms with Crippen molar-refractivity contribution in [2.45, 2.75) is 31.7 Å². The van der Waals surface area contributed by atoms with Crippen LogP contribution in [0, 0.1) is 11.7 Å². The number of nitrogens with zero attached hydrogens (tertiary/aromatic N) is 1. The molecule has 118 valence electrons. The number of phenolic OH excluding ortho intramolecular Hbond substituents is 1. The molecule has 3 rings (SSSR count). The average Bonchev–Trinajstić information content (AvgIpc) is 2.99. The summed E-state index contributed by atoms with van der Waals surface area (Å²) >= 11 is 0. The minimum atomic E-state index is -0.499. The SMILES string of the molecule is Cl.Oc1c(F)cccc1[C@H](C1CCCC1)N1CCNCC1. The van der Waals surface area contributed by atoms with Gasteiger partial charge in [-0.05, 0) is 24.8 Å². The molecule has 1 saturated heterocycles. The minimum Gasteiger partial charge on any atom is -0.505 e. The first-order valence-corrected chi connectivity index (χ1v) is 7.69. The molecule has 1 atom stereocenters. The Kier molecular flexibility index (Phi) is 5.85. The summed E-state index contributed by atoms with van der Waals surface area (Å²) in [4.78, 5) is 2.42. The smallest absolute Gasteiger partial charge is 0.165 e. The van der Waals surface area contributed by atoms with E-state index in [-0.39, 0.29) is 24.2 Å². The number of piperazine rings is 1. The van der Waals surface area contributed by atoms with E-state index in [0.29, 0.717) is 5.92 Å². The first-order chi connectivity index (χ1) is 9.77. The third-order valence-electron chi connectivity index (χ3n) is 4.73. The van der Waals surface area contributed by atoms with Crippen LogP contribution in [0.3, 0.4) is 0 Å². The molecule has 2 N–H and O–H groups in total. The molecular formula is C16H24ClFN2O. The fourth-order valence-electron chi connectivity index (χ4n) is 3.75. The molecule has 1 aromatic carbocycles. The zero-order valence-electron chi connectivity index (χ0n) is 12.2. The summed E-state index contributed by atoms with van der Waals surface area (Å²) in [5.41, 5.74) is 0.777. The number of hydrogen-bond donors (Lipinski definition) is 2. The van der Waals surface area contributed by atoms with Crippen molar-refractivity contribution in [2.24, 2.45) is 5.92 Å². The van der Waals surface area contributed by atoms with Gasteiger partial charge in [-0.15, -0.1) is 12.4 Å². The van der Waals surface area contributed by atoms with Crippen LogP contribution >= 0.6 is 12.4 Å². The molecule has 0 amide bonds. The molecule has 1 aliphatic heterocycles. The highest BCUT2D eigenvalue weighted by molar-refractivity contribution is 5.85. The zero-order chi connectivity index (χ0) is 13.9. The first kappa shape index (κ1) is 16.5. The van der Waals surface area contributed by atoms with Crippen molar-refractivity contribution in [1.29, 1.82) is 0 Å². The van der Waals surface area contributed by atoms with Crippen molar-refractivity contribution < 1.29 is 9.50 Å². The van der Waals surface area contributed by atoms with Crippen LogP contribution in [0.1, 0.15) is 37.3 Å². The van der Waals surface area contributed by atoms with Crippen molar-refractivity contribution in [3.05, 3.63) is 29.6 Å². The summed E-state index contributed by atoms with van der Waals surface area (Å²) in [7, 11) is 0. The zero-order valence-corrected chi connectivity index (χ0v) is 13.0. The lowest BCUT2D eigenvalue weighted by Crippen LogP contribution is -2.46. The standard InChI is InChI=1S/C16H23FN2O.ClH/c17-14-7-3-6-13(16(14)20)15(12-4-1-2-5-12)19-10-8-18-9-11-19;/h3,6-7,12,15,18,20H,1-2,4-5,8-11H2;1H/t15-;/m0./s1. The van der Waals surface area contributed by atoms with E-state index in [0.717, 1.165) is 31.7 Å². The fraction of sp³-hybridized carbons (Fsp3) is 0.625. The molecular weight excluding hydrogens is 291 g/mol. The number of halogens is 2. The van der Waals surface area contributed by atoms with Gasteiger partial charge in [0.1, 0.15) is 0 Å². The molecule has 2 aliphatic rings. The number of phenols is 1. The summed E-state index contributed by atoms with van der Waals surface area (Å²) in [6.45, 7) is 3.88. The van der Waals surface area contributed by atoms with E-state index in [9.17, 15) is 9.50 Å². The average molecular weight is 315 g/mol. The van der Waals surface area contributed by atoms with E-state index in [4.69, 9.17) is 0 Å². The second-order valence-corrected chi connectivity index (χ2v) is 5.95. The van der Waals surface area contributed by atoms with Gasteiger partial charge in [-0.2, -0.15) is 0 Å². The van der Waals surface area contributed by atoms with Crippen molar-refractivity contribution in [2.75, 3.05) is 26.2 Å². The highest BCUT2D eigenvalue weighted by Crippen LogP contribution is 2.42. The lowest BCUT2D eigenvalue weighted by molar-refractivity contribution is 0.123. The van der Waals surface area contributed by atoms with E-state index >= 15 is 0 Å². The molecule has 5 heteroatoms. The second-order valence-electron chi connectivity index (χ2n) is 5.95. The quantitative estimate of drug-likeness (QED) is 0.900. The maximum absolute atomic E-state index is 13.7. The molecule has 1 aromatic rings. The Labute approximate surface area is 131 Å². The maximum Gasteiger partial charge on any atom is 0.165 e. The first-order valence-electron chi connectivity index (χ1n) is 7.69. The van der Waals surface area contributed by atoms with Crippen LogP contribution in [-0.4, -0.2) is 36.2 Å². The Morgan fingerprint density at radius 1 is 1.19 bits per heavy atom. The van der Waals surface area contributed by atoms with Crippen molar-refractivity contribution >= 4 is 12.4 Å². The summed E-state index contributed by atoms with van der Waals surface area (Å²) in [6, 6.07) is 5.11. The number of rotatable bonds is 3. The fourth-order valence-corrected chi connectivity index (χ4v) is 3.75. The topological polar surface area (TPSA) is 35.5 Å². The van der Waals surface area contributed by atoms with E-state index < -0.39 is 5.82 Å². The maximum atomic E-state index is 13.7. The van der Waals surface area contributed by atoms with Crippen LogP contribution in [0.2, 0.25) is 0 Å². The Bertz CT molecular complexity index is 460. The van der Waals surface area contributed by atoms with E-state index in [1.165, 1.54) is 31.7 Å². The van der Waals surface area contributed by atoms with Crippen molar-refractivity contribution in [1.82, 2.24) is 10.2 Å². The van der Waals surface area contributed by atoms with Crippen LogP contribution in [0.5, 0.6) is 5.75 Å². The van der Waals surface area contributed by atoms with Gasteiger partial charge in [-0.1, -0.05) is 25.0 Å². The molecule has 21 heavy (non-hydrogen) atoms. The molecule has 0 bridgehead atoms. The minimum absolute atomic E-state index is 0. The van der Waals surface area contributed by atoms with Crippen LogP contribution in [-0.2, 0) is 0 Å². The Morgan fingerprint density at radius 2 is 1.86 bits per heavy atom. The Morgan fingerprint density at radius 3 is 2.52 bits per heavy atom. The largest absolute Gasteiger partial charge is 0.505 e. The molecule has 0 unspecified atom stereocenters. The molecule has 2 fully saturated rings. The molecule has 1 aliphatic carbocycles. The molecule has 1 heterocycles. The summed E-state index contributed by atoms with van der Waals surface area (Å²) in [5, 5.41) is 13.5. The number of benzene rings is 1. The lowest BCUT2D eigenvalue weighted by atomic mass is 9.89. The van der Waals surface area contributed by atoms with Gasteiger partial charge in [-0.3, -0.25) is 4.90 Å². The van der Waals surface area contributed by atoms with Crippen LogP contribution < -0.4 is 5.32 Å². The van der Waals surface area contributed by atoms with Crippen LogP contribution in [0.15, 0.2) is 18.2 Å². The third kappa shape index (κ3) is 3.50. The van der Waals surface area contributed by atoms with E-state index in [1.54, 1.807) is 6.07 Å². The van der Waals surface area contributed by atoms with Crippen LogP contribution in [0.4, 0.5) is 4.39 Å². The van der Waals surface area contributed by atoms with Gasteiger partial charge < -0.3 is 10.4 Å². The van der Waals surface area contributed by atoms with Crippen LogP contribution in [0.25, 0.3) is 0 Å². The molecule has 1 saturated carbocycles. The normalized spacial score (nSPS) is 22.0. The summed E-state index contributed by atoms with van der Waals surface area (Å²) in [5.74, 6) is -0.107. The summed E-state index contributed by atoms with van der Waals surface area (Å²) < 4.78 is 13.7. The van der Waals surface area contributed by atoms with Gasteiger partial charge in [0.05, 0.1) is 0 Å². The third-order valence-corrected chi connectivity index (χ3v) is 4.73. The Hall–Kier alpha value is -0.840. The van der Waals surface area contributed by atoms with E-state index in [2.05, 4.69) is 10.2 Å². The van der Waals surface area contributed by atoms with Gasteiger partial charge in [0.2, 0.25) is 0 Å². The van der Waals surface area contributed by atoms with Crippen molar-refractivity contribution in [3.8, 4) is 5.75 Å². The highest BCUT2D eigenvalue weighted by atomic mass is 35.5. The van der Waals surface area contributed by atoms with Crippen molar-refractivity contribution in [3.63, 3.8) is 0 Å². The van der Waals surface area contributed by atoms with Gasteiger partial charge in [0.15, 0.2) is 11.6 Å². The monoisotopic (exact) mass is 314 g/mol. The molecule has 0 radical (unpaired) electrons. The van der Waals surface area contributed by atoms with Gasteiger partial charge in [0, 0.05) is 37.8 Å². The van der Waals surface area contributed by atoms with E-state index in [1.807, 2.05) is 6.07 Å². The van der Waals surface area contributed by atoms with Gasteiger partial charge in [0.25, 0.3) is 0 Å². The predicted molar refractivity (Wildman–Crippen MR) is 84.5 cm³/mol. The number of nitrogens with one attached hydrogen (secondary N) is 1. The predicted octanol–water partition coefficient (Wildman–Crippen LogP) is 3.09.